The summed E-state index contributed by atoms with van der Waals surface area (Å²) in [5.74, 6) is 0.942. The van der Waals surface area contributed by atoms with Gasteiger partial charge in [-0.2, -0.15) is 5.10 Å². The highest BCUT2D eigenvalue weighted by Crippen LogP contribution is 2.31. The van der Waals surface area contributed by atoms with E-state index in [1.165, 1.54) is 29.5 Å². The highest BCUT2D eigenvalue weighted by molar-refractivity contribution is 7.80. The average Bonchev–Trinajstić information content (AvgIpc) is 3.58. The van der Waals surface area contributed by atoms with Crippen LogP contribution in [0.25, 0.3) is 21.9 Å². The maximum absolute atomic E-state index is 5.61. The van der Waals surface area contributed by atoms with E-state index in [2.05, 4.69) is 63.7 Å². The summed E-state index contributed by atoms with van der Waals surface area (Å²) in [6.45, 7) is 5.31. The molecule has 3 aromatic rings. The third-order valence-corrected chi connectivity index (χ3v) is 6.03. The van der Waals surface area contributed by atoms with Crippen LogP contribution in [0, 0.1) is 6.92 Å². The Morgan fingerprint density at radius 3 is 2.76 bits per heavy atom. The Balaban J connectivity index is 1.51. The first-order valence-electron chi connectivity index (χ1n) is 10.2. The van der Waals surface area contributed by atoms with Gasteiger partial charge < -0.3 is 15.0 Å². The number of thiocarbonyl (C=S) groups is 1. The zero-order chi connectivity index (χ0) is 19.8. The number of hydrogen-bond donors (Lipinski definition) is 1. The summed E-state index contributed by atoms with van der Waals surface area (Å²) in [5, 5.41) is 14.4. The summed E-state index contributed by atoms with van der Waals surface area (Å²) in [4.78, 5) is 3.10. The first-order chi connectivity index (χ1) is 14.2. The smallest absolute Gasteiger partial charge is 0.159 e. The lowest BCUT2D eigenvalue weighted by atomic mass is 9.96. The number of nitrogens with one attached hydrogen (secondary N) is 1. The number of nitrogens with zero attached hydrogens (tertiary/aromatic N) is 3. The van der Waals surface area contributed by atoms with Crippen LogP contribution in [0.2, 0.25) is 0 Å². The zero-order valence-electron chi connectivity index (χ0n) is 16.5. The second-order valence-electron chi connectivity index (χ2n) is 7.85. The largest absolute Gasteiger partial charge is 0.378 e. The molecule has 1 saturated carbocycles. The molecular formula is C23H24N4OS. The fourth-order valence-corrected chi connectivity index (χ4v) is 4.11. The minimum Gasteiger partial charge on any atom is -0.378 e. The van der Waals surface area contributed by atoms with Crippen molar-refractivity contribution < 1.29 is 4.74 Å². The van der Waals surface area contributed by atoms with E-state index < -0.39 is 0 Å². The van der Waals surface area contributed by atoms with Crippen molar-refractivity contribution in [3.8, 4) is 11.1 Å². The van der Waals surface area contributed by atoms with Gasteiger partial charge in [-0.15, -0.1) is 5.10 Å². The van der Waals surface area contributed by atoms with Crippen molar-refractivity contribution in [1.82, 2.24) is 15.5 Å². The van der Waals surface area contributed by atoms with Gasteiger partial charge in [0.05, 0.1) is 19.4 Å². The molecule has 0 bridgehead atoms. The lowest BCUT2D eigenvalue weighted by Gasteiger charge is -2.28. The molecule has 2 fully saturated rings. The van der Waals surface area contributed by atoms with E-state index in [0.29, 0.717) is 6.04 Å². The molecule has 148 valence electrons. The second kappa shape index (κ2) is 7.69. The molecule has 1 saturated heterocycles. The number of fused-ring (bicyclic) bond motifs is 1. The van der Waals surface area contributed by atoms with Gasteiger partial charge in [0.25, 0.3) is 0 Å². The van der Waals surface area contributed by atoms with E-state index in [1.54, 1.807) is 0 Å². The van der Waals surface area contributed by atoms with Crippen molar-refractivity contribution in [3.63, 3.8) is 0 Å². The lowest BCUT2D eigenvalue weighted by Crippen LogP contribution is -2.37. The van der Waals surface area contributed by atoms with Crippen LogP contribution in [0.4, 0.5) is 5.82 Å². The number of aromatic nitrogens is 2. The molecule has 0 spiro atoms. The molecule has 2 heterocycles. The SMILES string of the molecule is Cc1ccc(C(=S)NC2CC2)cc1-c1ccc2c(N3CCOCC3)nncc2c1. The number of hydrogen-bond acceptors (Lipinski definition) is 5. The summed E-state index contributed by atoms with van der Waals surface area (Å²) in [5.41, 5.74) is 4.69. The Morgan fingerprint density at radius 1 is 1.14 bits per heavy atom. The molecule has 1 aliphatic carbocycles. The predicted molar refractivity (Wildman–Crippen MR) is 121 cm³/mol. The molecule has 0 unspecified atom stereocenters. The molecule has 2 aromatic carbocycles. The molecule has 1 aromatic heterocycles. The number of anilines is 1. The summed E-state index contributed by atoms with van der Waals surface area (Å²) in [7, 11) is 0. The first-order valence-corrected chi connectivity index (χ1v) is 10.6. The van der Waals surface area contributed by atoms with Crippen molar-refractivity contribution in [2.75, 3.05) is 31.2 Å². The van der Waals surface area contributed by atoms with Gasteiger partial charge in [-0.1, -0.05) is 30.4 Å². The number of benzene rings is 2. The van der Waals surface area contributed by atoms with Gasteiger partial charge in [-0.25, -0.2) is 0 Å². The molecule has 1 aliphatic heterocycles. The maximum atomic E-state index is 5.61. The number of rotatable bonds is 4. The molecule has 6 heteroatoms. The Morgan fingerprint density at radius 2 is 1.97 bits per heavy atom. The number of morpholine rings is 1. The van der Waals surface area contributed by atoms with Gasteiger partial charge in [-0.3, -0.25) is 0 Å². The standard InChI is InChI=1S/C23H24N4OS/c1-15-2-3-17(23(29)25-19-5-6-19)13-21(15)16-4-7-20-18(12-16)14-24-26-22(20)27-8-10-28-11-9-27/h2-4,7,12-14,19H,5-6,8-11H2,1H3,(H,25,29). The highest BCUT2D eigenvalue weighted by Gasteiger charge is 2.22. The number of aryl methyl sites for hydroxylation is 1. The summed E-state index contributed by atoms with van der Waals surface area (Å²) >= 11 is 5.61. The summed E-state index contributed by atoms with van der Waals surface area (Å²) < 4.78 is 5.48. The van der Waals surface area contributed by atoms with E-state index in [-0.39, 0.29) is 0 Å². The Labute approximate surface area is 176 Å². The van der Waals surface area contributed by atoms with Crippen LogP contribution in [0.1, 0.15) is 24.0 Å². The minimum absolute atomic E-state index is 0.560. The minimum atomic E-state index is 0.560. The Hall–Kier alpha value is -2.57. The van der Waals surface area contributed by atoms with E-state index in [4.69, 9.17) is 17.0 Å². The zero-order valence-corrected chi connectivity index (χ0v) is 17.3. The summed E-state index contributed by atoms with van der Waals surface area (Å²) in [6, 6.07) is 13.6. The quantitative estimate of drug-likeness (QED) is 0.666. The van der Waals surface area contributed by atoms with E-state index in [1.807, 2.05) is 6.20 Å². The van der Waals surface area contributed by atoms with Crippen LogP contribution < -0.4 is 10.2 Å². The van der Waals surface area contributed by atoms with Gasteiger partial charge >= 0.3 is 0 Å². The molecule has 2 aliphatic rings. The molecule has 0 atom stereocenters. The Bertz CT molecular complexity index is 1070. The molecule has 5 nitrogen and oxygen atoms in total. The molecule has 1 N–H and O–H groups in total. The predicted octanol–water partition coefficient (Wildman–Crippen LogP) is 3.87. The highest BCUT2D eigenvalue weighted by atomic mass is 32.1. The van der Waals surface area contributed by atoms with Crippen molar-refractivity contribution >= 4 is 33.8 Å². The fraction of sp³-hybridized carbons (Fsp3) is 0.348. The topological polar surface area (TPSA) is 50.3 Å². The third kappa shape index (κ3) is 3.82. The van der Waals surface area contributed by atoms with Gasteiger partial charge in [0.2, 0.25) is 0 Å². The van der Waals surface area contributed by atoms with Gasteiger partial charge in [-0.05, 0) is 54.7 Å². The van der Waals surface area contributed by atoms with Gasteiger partial charge in [0, 0.05) is 35.5 Å². The lowest BCUT2D eigenvalue weighted by molar-refractivity contribution is 0.122. The number of ether oxygens (including phenoxy) is 1. The second-order valence-corrected chi connectivity index (χ2v) is 8.26. The summed E-state index contributed by atoms with van der Waals surface area (Å²) in [6.07, 6.45) is 4.29. The van der Waals surface area contributed by atoms with Gasteiger partial charge in [0.15, 0.2) is 5.82 Å². The molecule has 0 radical (unpaired) electrons. The van der Waals surface area contributed by atoms with E-state index in [9.17, 15) is 0 Å². The van der Waals surface area contributed by atoms with Crippen LogP contribution >= 0.6 is 12.2 Å². The van der Waals surface area contributed by atoms with Crippen LogP contribution in [0.3, 0.4) is 0 Å². The van der Waals surface area contributed by atoms with E-state index in [0.717, 1.165) is 53.4 Å². The monoisotopic (exact) mass is 404 g/mol. The molecule has 5 rings (SSSR count). The van der Waals surface area contributed by atoms with Crippen molar-refractivity contribution in [3.05, 3.63) is 53.7 Å². The maximum Gasteiger partial charge on any atom is 0.159 e. The van der Waals surface area contributed by atoms with Crippen molar-refractivity contribution in [1.29, 1.82) is 0 Å². The first kappa shape index (κ1) is 18.5. The van der Waals surface area contributed by atoms with Crippen molar-refractivity contribution in [2.24, 2.45) is 0 Å². The fourth-order valence-electron chi connectivity index (χ4n) is 3.82. The Kier molecular flexibility index (Phi) is 4.89. The normalized spacial score (nSPS) is 16.8. The van der Waals surface area contributed by atoms with E-state index >= 15 is 0 Å². The average molecular weight is 405 g/mol. The van der Waals surface area contributed by atoms with Crippen LogP contribution in [0.15, 0.2) is 42.6 Å². The third-order valence-electron chi connectivity index (χ3n) is 5.68. The molecule has 29 heavy (non-hydrogen) atoms. The molecule has 0 amide bonds. The molecular weight excluding hydrogens is 380 g/mol. The van der Waals surface area contributed by atoms with Gasteiger partial charge in [0.1, 0.15) is 4.99 Å². The van der Waals surface area contributed by atoms with Crippen molar-refractivity contribution in [2.45, 2.75) is 25.8 Å². The van der Waals surface area contributed by atoms with Crippen LogP contribution in [-0.4, -0.2) is 47.5 Å². The van der Waals surface area contributed by atoms with Crippen LogP contribution in [-0.2, 0) is 4.74 Å². The van der Waals surface area contributed by atoms with Crippen LogP contribution in [0.5, 0.6) is 0 Å².